The van der Waals surface area contributed by atoms with E-state index in [0.29, 0.717) is 41.1 Å². The van der Waals surface area contributed by atoms with Gasteiger partial charge in [-0.15, -0.1) is 0 Å². The van der Waals surface area contributed by atoms with Crippen LogP contribution in [0.15, 0.2) is 36.7 Å². The number of nitrogens with zero attached hydrogens (tertiary/aromatic N) is 3. The summed E-state index contributed by atoms with van der Waals surface area (Å²) in [5.41, 5.74) is 0.621. The summed E-state index contributed by atoms with van der Waals surface area (Å²) in [6, 6.07) is 7.25. The normalized spacial score (nSPS) is 11.2. The van der Waals surface area contributed by atoms with Crippen molar-refractivity contribution in [3.05, 3.63) is 42.6 Å². The molecule has 0 N–H and O–H groups in total. The Morgan fingerprint density at radius 2 is 1.23 bits per heavy atom. The van der Waals surface area contributed by atoms with Crippen LogP contribution in [0.4, 0.5) is 4.39 Å². The quantitative estimate of drug-likeness (QED) is 0.143. The zero-order valence-electron chi connectivity index (χ0n) is 21.4. The number of hydrogen-bond donors (Lipinski definition) is 0. The molecular weight excluding hydrogens is 441 g/mol. The van der Waals surface area contributed by atoms with Gasteiger partial charge in [0.25, 0.3) is 0 Å². The highest BCUT2D eigenvalue weighted by atomic mass is 19.1. The molecule has 190 valence electrons. The number of fused-ring (bicyclic) bond motifs is 1. The van der Waals surface area contributed by atoms with Crippen molar-refractivity contribution >= 4 is 10.8 Å². The van der Waals surface area contributed by atoms with E-state index in [2.05, 4.69) is 28.8 Å². The molecule has 3 rings (SSSR count). The van der Waals surface area contributed by atoms with E-state index >= 15 is 0 Å². The predicted molar refractivity (Wildman–Crippen MR) is 140 cm³/mol. The first-order valence-electron chi connectivity index (χ1n) is 13.4. The summed E-state index contributed by atoms with van der Waals surface area (Å²) >= 11 is 0. The third-order valence-electron chi connectivity index (χ3n) is 6.19. The van der Waals surface area contributed by atoms with Crippen LogP contribution in [-0.4, -0.2) is 28.2 Å². The fraction of sp³-hybridized carbons (Fsp3) is 0.552. The average molecular weight is 482 g/mol. The second-order valence-electron chi connectivity index (χ2n) is 9.10. The van der Waals surface area contributed by atoms with E-state index in [0.717, 1.165) is 19.3 Å². The van der Waals surface area contributed by atoms with Gasteiger partial charge in [-0.3, -0.25) is 0 Å². The fourth-order valence-electron chi connectivity index (χ4n) is 4.17. The third-order valence-corrected chi connectivity index (χ3v) is 6.19. The summed E-state index contributed by atoms with van der Waals surface area (Å²) in [6.07, 6.45) is 17.6. The molecule has 35 heavy (non-hydrogen) atoms. The number of benzene rings is 1. The maximum absolute atomic E-state index is 14.7. The molecule has 6 heteroatoms. The summed E-state index contributed by atoms with van der Waals surface area (Å²) in [5.74, 6) is 0.798. The van der Waals surface area contributed by atoms with Gasteiger partial charge in [-0.1, -0.05) is 96.3 Å². The molecule has 0 saturated heterocycles. The van der Waals surface area contributed by atoms with Crippen LogP contribution in [0.3, 0.4) is 0 Å². The van der Waals surface area contributed by atoms with E-state index in [9.17, 15) is 4.39 Å². The third kappa shape index (κ3) is 8.44. The first-order chi connectivity index (χ1) is 17.2. The van der Waals surface area contributed by atoms with Crippen molar-refractivity contribution in [2.45, 2.75) is 90.9 Å². The molecule has 0 amide bonds. The molecule has 0 bridgehead atoms. The number of aromatic nitrogens is 3. The Kier molecular flexibility index (Phi) is 11.7. The number of unbranched alkanes of at least 4 members (excludes halogenated alkanes) is 10. The Balaban J connectivity index is 1.67. The van der Waals surface area contributed by atoms with E-state index in [1.54, 1.807) is 24.5 Å². The van der Waals surface area contributed by atoms with Gasteiger partial charge in [0, 0.05) is 10.8 Å². The Hall–Kier alpha value is -2.76. The molecule has 2 aromatic heterocycles. The van der Waals surface area contributed by atoms with Gasteiger partial charge in [-0.05, 0) is 18.9 Å². The van der Waals surface area contributed by atoms with E-state index in [4.69, 9.17) is 9.47 Å². The number of pyridine rings is 1. The van der Waals surface area contributed by atoms with Crippen LogP contribution >= 0.6 is 0 Å². The highest BCUT2D eigenvalue weighted by Crippen LogP contribution is 2.35. The molecule has 0 saturated carbocycles. The minimum absolute atomic E-state index is 0.246. The van der Waals surface area contributed by atoms with E-state index in [-0.39, 0.29) is 5.88 Å². The van der Waals surface area contributed by atoms with E-state index in [1.807, 2.05) is 12.1 Å². The zero-order valence-corrected chi connectivity index (χ0v) is 21.4. The lowest BCUT2D eigenvalue weighted by Crippen LogP contribution is -2.05. The molecule has 0 radical (unpaired) electrons. The molecule has 0 aliphatic carbocycles. The molecule has 0 aliphatic heterocycles. The van der Waals surface area contributed by atoms with Crippen LogP contribution in [0.1, 0.15) is 90.9 Å². The van der Waals surface area contributed by atoms with Gasteiger partial charge in [-0.25, -0.2) is 9.97 Å². The number of hydrogen-bond acceptors (Lipinski definition) is 5. The van der Waals surface area contributed by atoms with Gasteiger partial charge in [-0.2, -0.15) is 9.37 Å². The van der Waals surface area contributed by atoms with Crippen LogP contribution < -0.4 is 9.47 Å². The van der Waals surface area contributed by atoms with Crippen molar-refractivity contribution in [2.75, 3.05) is 13.2 Å². The monoisotopic (exact) mass is 481 g/mol. The topological polar surface area (TPSA) is 57.1 Å². The minimum atomic E-state index is -0.541. The number of rotatable bonds is 17. The lowest BCUT2D eigenvalue weighted by atomic mass is 10.1. The summed E-state index contributed by atoms with van der Waals surface area (Å²) in [5, 5.41) is 1.13. The van der Waals surface area contributed by atoms with Crippen molar-refractivity contribution in [3.8, 4) is 23.0 Å². The van der Waals surface area contributed by atoms with Crippen molar-refractivity contribution < 1.29 is 13.9 Å². The first kappa shape index (κ1) is 26.8. The second-order valence-corrected chi connectivity index (χ2v) is 9.10. The minimum Gasteiger partial charge on any atom is -0.490 e. The Labute approximate surface area is 209 Å². The zero-order chi connectivity index (χ0) is 24.7. The van der Waals surface area contributed by atoms with Crippen molar-refractivity contribution in [2.24, 2.45) is 0 Å². The second kappa shape index (κ2) is 15.3. The number of ether oxygens (including phenoxy) is 2. The van der Waals surface area contributed by atoms with Gasteiger partial charge in [0.1, 0.15) is 0 Å². The standard InChI is InChI=1S/C29H40FN3O2/c1-3-5-7-9-11-15-19-34-23-21-31-28(32-22-23)26-24-17-13-14-18-25(24)27(30)33-29(26)35-20-16-12-10-8-6-4-2/h13-14,17-18,21-22H,3-12,15-16,19-20H2,1-2H3. The van der Waals surface area contributed by atoms with E-state index in [1.165, 1.54) is 57.8 Å². The predicted octanol–water partition coefficient (Wildman–Crippen LogP) is 8.31. The fourth-order valence-corrected chi connectivity index (χ4v) is 4.17. The molecule has 0 atom stereocenters. The van der Waals surface area contributed by atoms with Gasteiger partial charge in [0.15, 0.2) is 11.6 Å². The summed E-state index contributed by atoms with van der Waals surface area (Å²) in [7, 11) is 0. The highest BCUT2D eigenvalue weighted by molar-refractivity contribution is 5.97. The summed E-state index contributed by atoms with van der Waals surface area (Å²) < 4.78 is 26.5. The molecule has 5 nitrogen and oxygen atoms in total. The van der Waals surface area contributed by atoms with Crippen LogP contribution in [0, 0.1) is 5.95 Å². The van der Waals surface area contributed by atoms with Gasteiger partial charge in [0.05, 0.1) is 31.2 Å². The lowest BCUT2D eigenvalue weighted by molar-refractivity contribution is 0.291. The molecule has 3 aromatic rings. The highest BCUT2D eigenvalue weighted by Gasteiger charge is 2.19. The molecule has 0 fully saturated rings. The van der Waals surface area contributed by atoms with Crippen LogP contribution in [0.25, 0.3) is 22.2 Å². The van der Waals surface area contributed by atoms with E-state index < -0.39 is 5.95 Å². The molecule has 0 unspecified atom stereocenters. The SMILES string of the molecule is CCCCCCCCOc1cnc(-c2c(OCCCCCCCC)nc(F)c3ccccc23)nc1. The number of halogens is 1. The van der Waals surface area contributed by atoms with Crippen molar-refractivity contribution in [1.29, 1.82) is 0 Å². The average Bonchev–Trinajstić information content (AvgIpc) is 2.88. The smallest absolute Gasteiger partial charge is 0.227 e. The first-order valence-corrected chi connectivity index (χ1v) is 13.4. The van der Waals surface area contributed by atoms with Crippen LogP contribution in [0.5, 0.6) is 11.6 Å². The van der Waals surface area contributed by atoms with Crippen molar-refractivity contribution in [3.63, 3.8) is 0 Å². The largest absolute Gasteiger partial charge is 0.490 e. The maximum Gasteiger partial charge on any atom is 0.227 e. The van der Waals surface area contributed by atoms with Gasteiger partial charge < -0.3 is 9.47 Å². The Morgan fingerprint density at radius 1 is 0.686 bits per heavy atom. The van der Waals surface area contributed by atoms with Crippen molar-refractivity contribution in [1.82, 2.24) is 15.0 Å². The Bertz CT molecular complexity index is 1010. The summed E-state index contributed by atoms with van der Waals surface area (Å²) in [4.78, 5) is 13.2. The molecule has 0 aliphatic rings. The Morgan fingerprint density at radius 3 is 1.86 bits per heavy atom. The van der Waals surface area contributed by atoms with Gasteiger partial charge >= 0.3 is 0 Å². The van der Waals surface area contributed by atoms with Crippen LogP contribution in [0.2, 0.25) is 0 Å². The lowest BCUT2D eigenvalue weighted by Gasteiger charge is -2.13. The molecular formula is C29H40FN3O2. The summed E-state index contributed by atoms with van der Waals surface area (Å²) in [6.45, 7) is 5.58. The molecule has 1 aromatic carbocycles. The molecule has 0 spiro atoms. The maximum atomic E-state index is 14.7. The molecule has 2 heterocycles. The van der Waals surface area contributed by atoms with Crippen LogP contribution in [-0.2, 0) is 0 Å². The van der Waals surface area contributed by atoms with Gasteiger partial charge in [0.2, 0.25) is 11.8 Å².